The SMILES string of the molecule is N#Cc1cnc2cc(OCC(O)CO)c(NC(=O)C3CCS(=O)(=O)S3)cc2c1Nc1ccc(F)c(Cl)c1. The summed E-state index contributed by atoms with van der Waals surface area (Å²) in [5.74, 6) is -1.20. The topological polar surface area (TPSA) is 162 Å². The van der Waals surface area contributed by atoms with Gasteiger partial charge in [0.05, 0.1) is 45.1 Å². The predicted octanol–water partition coefficient (Wildman–Crippen LogP) is 3.15. The van der Waals surface area contributed by atoms with Gasteiger partial charge in [-0.05, 0) is 41.5 Å². The number of anilines is 3. The first kappa shape index (κ1) is 26.9. The zero-order chi connectivity index (χ0) is 26.7. The summed E-state index contributed by atoms with van der Waals surface area (Å²) in [6.45, 7) is -0.850. The van der Waals surface area contributed by atoms with E-state index >= 15 is 0 Å². The van der Waals surface area contributed by atoms with Gasteiger partial charge < -0.3 is 25.6 Å². The van der Waals surface area contributed by atoms with Crippen LogP contribution in [-0.4, -0.2) is 59.8 Å². The number of hydrogen-bond donors (Lipinski definition) is 4. The maximum absolute atomic E-state index is 13.6. The number of aliphatic hydroxyl groups excluding tert-OH is 2. The van der Waals surface area contributed by atoms with Gasteiger partial charge in [-0.25, -0.2) is 12.8 Å². The van der Waals surface area contributed by atoms with E-state index in [1.165, 1.54) is 30.5 Å². The molecule has 2 heterocycles. The maximum atomic E-state index is 13.6. The van der Waals surface area contributed by atoms with Crippen molar-refractivity contribution in [2.45, 2.75) is 17.8 Å². The monoisotopic (exact) mass is 566 g/mol. The summed E-state index contributed by atoms with van der Waals surface area (Å²) in [7, 11) is -2.81. The molecule has 1 amide bonds. The van der Waals surface area contributed by atoms with E-state index in [9.17, 15) is 28.0 Å². The van der Waals surface area contributed by atoms with Gasteiger partial charge in [-0.1, -0.05) is 11.6 Å². The lowest BCUT2D eigenvalue weighted by Gasteiger charge is -2.18. The number of ether oxygens (including phenoxy) is 1. The van der Waals surface area contributed by atoms with E-state index in [4.69, 9.17) is 21.4 Å². The van der Waals surface area contributed by atoms with Crippen molar-refractivity contribution in [1.82, 2.24) is 4.98 Å². The van der Waals surface area contributed by atoms with Crippen LogP contribution in [0.5, 0.6) is 5.75 Å². The van der Waals surface area contributed by atoms with Crippen molar-refractivity contribution < 1.29 is 32.6 Å². The Morgan fingerprint density at radius 3 is 2.81 bits per heavy atom. The number of rotatable bonds is 8. The molecule has 0 spiro atoms. The highest BCUT2D eigenvalue weighted by atomic mass is 35.5. The molecule has 0 bridgehead atoms. The van der Waals surface area contributed by atoms with Crippen LogP contribution in [0.1, 0.15) is 12.0 Å². The van der Waals surface area contributed by atoms with Gasteiger partial charge in [0.2, 0.25) is 14.8 Å². The van der Waals surface area contributed by atoms with Gasteiger partial charge in [-0.2, -0.15) is 5.26 Å². The molecule has 0 aliphatic carbocycles. The predicted molar refractivity (Wildman–Crippen MR) is 138 cm³/mol. The molecule has 1 fully saturated rings. The Bertz CT molecular complexity index is 1520. The van der Waals surface area contributed by atoms with Crippen molar-refractivity contribution in [1.29, 1.82) is 5.26 Å². The number of nitriles is 1. The fourth-order valence-electron chi connectivity index (χ4n) is 3.53. The maximum Gasteiger partial charge on any atom is 0.238 e. The Kier molecular flexibility index (Phi) is 8.05. The third kappa shape index (κ3) is 6.23. The van der Waals surface area contributed by atoms with Crippen molar-refractivity contribution in [2.75, 3.05) is 29.6 Å². The molecule has 2 aromatic carbocycles. The molecule has 194 valence electrons. The molecule has 1 aliphatic rings. The zero-order valence-electron chi connectivity index (χ0n) is 18.9. The van der Waals surface area contributed by atoms with Gasteiger partial charge in [-0.3, -0.25) is 9.78 Å². The molecule has 10 nitrogen and oxygen atoms in total. The van der Waals surface area contributed by atoms with Crippen molar-refractivity contribution in [2.24, 2.45) is 0 Å². The summed E-state index contributed by atoms with van der Waals surface area (Å²) in [6, 6.07) is 8.93. The van der Waals surface area contributed by atoms with Crippen LogP contribution in [-0.2, 0) is 13.7 Å². The Hall–Kier alpha value is -3.15. The second-order valence-electron chi connectivity index (χ2n) is 8.05. The minimum Gasteiger partial charge on any atom is -0.489 e. The number of carbonyl (C=O) groups is 1. The lowest BCUT2D eigenvalue weighted by Crippen LogP contribution is -2.25. The number of aromatic nitrogens is 1. The Morgan fingerprint density at radius 1 is 1.38 bits per heavy atom. The molecule has 14 heteroatoms. The fraction of sp³-hybridized carbons (Fsp3) is 0.261. The number of benzene rings is 2. The minimum absolute atomic E-state index is 0.104. The van der Waals surface area contributed by atoms with Gasteiger partial charge in [0, 0.05) is 23.3 Å². The standard InChI is InChI=1S/C23H20ClFN4O6S2/c24-16-5-13(1-2-17(16)25)28-22-12(8-26)9-27-18-7-20(35-11-14(31)10-30)19(6-15(18)22)29-23(32)21-3-4-37(33,34)36-21/h1-2,5-7,9,14,21,30-31H,3-4,10-11H2,(H,27,28)(H,29,32). The number of nitrogens with one attached hydrogen (secondary N) is 2. The van der Waals surface area contributed by atoms with E-state index in [1.54, 1.807) is 0 Å². The van der Waals surface area contributed by atoms with Crippen LogP contribution in [0.25, 0.3) is 10.9 Å². The molecular weight excluding hydrogens is 547 g/mol. The average Bonchev–Trinajstić information content (AvgIpc) is 3.24. The summed E-state index contributed by atoms with van der Waals surface area (Å²) in [5.41, 5.74) is 1.31. The third-order valence-electron chi connectivity index (χ3n) is 5.36. The van der Waals surface area contributed by atoms with Crippen LogP contribution in [0, 0.1) is 17.1 Å². The van der Waals surface area contributed by atoms with E-state index in [1.807, 2.05) is 6.07 Å². The highest BCUT2D eigenvalue weighted by molar-refractivity contribution is 8.72. The van der Waals surface area contributed by atoms with Gasteiger partial charge in [-0.15, -0.1) is 0 Å². The smallest absolute Gasteiger partial charge is 0.238 e. The first-order valence-electron chi connectivity index (χ1n) is 10.8. The molecule has 0 radical (unpaired) electrons. The van der Waals surface area contributed by atoms with E-state index in [0.29, 0.717) is 33.1 Å². The number of pyridine rings is 1. The van der Waals surface area contributed by atoms with Crippen LogP contribution in [0.2, 0.25) is 5.02 Å². The molecule has 4 rings (SSSR count). The van der Waals surface area contributed by atoms with Crippen LogP contribution >= 0.6 is 22.4 Å². The second kappa shape index (κ2) is 11.1. The van der Waals surface area contributed by atoms with E-state index in [-0.39, 0.29) is 40.8 Å². The van der Waals surface area contributed by atoms with E-state index in [0.717, 1.165) is 6.07 Å². The summed E-state index contributed by atoms with van der Waals surface area (Å²) < 4.78 is 42.9. The Labute approximate surface area is 219 Å². The molecule has 1 aliphatic heterocycles. The molecule has 1 aromatic heterocycles. The molecule has 0 saturated carbocycles. The second-order valence-corrected chi connectivity index (χ2v) is 12.8. The van der Waals surface area contributed by atoms with Gasteiger partial charge in [0.15, 0.2) is 0 Å². The van der Waals surface area contributed by atoms with Crippen LogP contribution in [0.15, 0.2) is 36.5 Å². The van der Waals surface area contributed by atoms with Crippen molar-refractivity contribution in [3.8, 4) is 11.8 Å². The highest BCUT2D eigenvalue weighted by Gasteiger charge is 2.34. The van der Waals surface area contributed by atoms with Crippen LogP contribution in [0.3, 0.4) is 0 Å². The first-order chi connectivity index (χ1) is 17.6. The largest absolute Gasteiger partial charge is 0.489 e. The number of halogens is 2. The van der Waals surface area contributed by atoms with Crippen LogP contribution in [0.4, 0.5) is 21.5 Å². The van der Waals surface area contributed by atoms with Crippen molar-refractivity contribution >= 4 is 65.1 Å². The lowest BCUT2D eigenvalue weighted by molar-refractivity contribution is -0.115. The van der Waals surface area contributed by atoms with Crippen molar-refractivity contribution in [3.63, 3.8) is 0 Å². The molecular formula is C23H20ClFN4O6S2. The number of nitrogens with zero attached hydrogens (tertiary/aromatic N) is 2. The average molecular weight is 567 g/mol. The molecule has 37 heavy (non-hydrogen) atoms. The van der Waals surface area contributed by atoms with Gasteiger partial charge in [0.25, 0.3) is 0 Å². The number of fused-ring (bicyclic) bond motifs is 1. The lowest BCUT2D eigenvalue weighted by atomic mass is 10.1. The Balaban J connectivity index is 1.78. The highest BCUT2D eigenvalue weighted by Crippen LogP contribution is 2.38. The first-order valence-corrected chi connectivity index (χ1v) is 14.3. The quantitative estimate of drug-likeness (QED) is 0.298. The summed E-state index contributed by atoms with van der Waals surface area (Å²) in [6.07, 6.45) is 0.272. The normalized spacial score (nSPS) is 17.2. The number of carbonyl (C=O) groups excluding carboxylic acids is 1. The number of hydrogen-bond acceptors (Lipinski definition) is 10. The molecule has 3 aromatic rings. The number of aliphatic hydroxyl groups is 2. The zero-order valence-corrected chi connectivity index (χ0v) is 21.3. The molecule has 2 atom stereocenters. The minimum atomic E-state index is -3.39. The summed E-state index contributed by atoms with van der Waals surface area (Å²) in [4.78, 5) is 17.2. The Morgan fingerprint density at radius 2 is 2.16 bits per heavy atom. The van der Waals surface area contributed by atoms with Crippen LogP contribution < -0.4 is 15.4 Å². The molecule has 2 unspecified atom stereocenters. The van der Waals surface area contributed by atoms with Gasteiger partial charge in [0.1, 0.15) is 30.3 Å². The third-order valence-corrected chi connectivity index (χ3v) is 9.44. The number of amides is 1. The van der Waals surface area contributed by atoms with Gasteiger partial charge >= 0.3 is 0 Å². The fourth-order valence-corrected chi connectivity index (χ4v) is 7.38. The van der Waals surface area contributed by atoms with E-state index < -0.39 is 38.6 Å². The molecule has 1 saturated heterocycles. The molecule has 4 N–H and O–H groups in total. The summed E-state index contributed by atoms with van der Waals surface area (Å²) in [5, 5.41) is 33.6. The van der Waals surface area contributed by atoms with E-state index in [2.05, 4.69) is 15.6 Å². The summed E-state index contributed by atoms with van der Waals surface area (Å²) >= 11 is 5.89. The van der Waals surface area contributed by atoms with Crippen molar-refractivity contribution in [3.05, 3.63) is 52.9 Å².